The van der Waals surface area contributed by atoms with Crippen LogP contribution in [0.2, 0.25) is 0 Å². The van der Waals surface area contributed by atoms with Crippen LogP contribution in [0.1, 0.15) is 223 Å². The summed E-state index contributed by atoms with van der Waals surface area (Å²) in [5.41, 5.74) is 23.0. The molecule has 0 saturated carbocycles. The van der Waals surface area contributed by atoms with Crippen LogP contribution in [0.5, 0.6) is 0 Å². The van der Waals surface area contributed by atoms with Crippen LogP contribution in [-0.2, 0) is 59.2 Å². The second-order valence-corrected chi connectivity index (χ2v) is 30.7. The van der Waals surface area contributed by atoms with Gasteiger partial charge in [-0.2, -0.15) is 6.07 Å². The molecule has 0 fully saturated rings. The SMILES string of the molecule is Cc1ccc2c(c1)C(C)(C)c1cc3c4cc(C)ccc4n(-c4cc(C(C)(C)C)ccn4)c3[c-]c1N2c1[c-]c(C2=N[C@]3(C)c4ccc(C(C)(C)C)cc4-c4cc(C(C)(C)C)ccc4[C@]3(C)N2c2c(C(C)C)cccc2C(C)C)cc(C(C)(C)C)c1.[Pt+2]. The molecule has 0 radical (unpaired) electrons. The van der Waals surface area contributed by atoms with Crippen molar-refractivity contribution in [1.82, 2.24) is 9.55 Å². The van der Waals surface area contributed by atoms with E-state index >= 15 is 0 Å². The zero-order valence-corrected chi connectivity index (χ0v) is 57.1. The number of rotatable bonds is 6. The molecule has 0 N–H and O–H groups in total. The van der Waals surface area contributed by atoms with E-state index in [1.165, 1.54) is 94.3 Å². The first-order valence-electron chi connectivity index (χ1n) is 31.0. The van der Waals surface area contributed by atoms with Crippen molar-refractivity contribution in [1.29, 1.82) is 0 Å². The Kier molecular flexibility index (Phi) is 14.2. The summed E-state index contributed by atoms with van der Waals surface area (Å²) in [4.78, 5) is 16.8. The molecule has 12 rings (SSSR count). The number of aromatic nitrogens is 2. The van der Waals surface area contributed by atoms with Crippen LogP contribution < -0.4 is 9.80 Å². The van der Waals surface area contributed by atoms with Gasteiger partial charge in [0.2, 0.25) is 0 Å². The minimum Gasteiger partial charge on any atom is -0.353 e. The first kappa shape index (κ1) is 60.1. The first-order chi connectivity index (χ1) is 39.1. The molecule has 2 aromatic heterocycles. The molecule has 6 heteroatoms. The Morgan fingerprint density at radius 2 is 1.08 bits per heavy atom. The third kappa shape index (κ3) is 9.32. The van der Waals surface area contributed by atoms with Gasteiger partial charge in [-0.1, -0.05) is 226 Å². The van der Waals surface area contributed by atoms with Crippen molar-refractivity contribution in [3.63, 3.8) is 0 Å². The van der Waals surface area contributed by atoms with Crippen LogP contribution in [0.4, 0.5) is 22.7 Å². The molecule has 7 aromatic carbocycles. The Morgan fingerprint density at radius 3 is 1.68 bits per heavy atom. The Labute approximate surface area is 523 Å². The van der Waals surface area contributed by atoms with Crippen molar-refractivity contribution in [2.24, 2.45) is 4.99 Å². The minimum atomic E-state index is -0.746. The summed E-state index contributed by atoms with van der Waals surface area (Å²) in [6, 6.07) is 55.9. The first-order valence-corrected chi connectivity index (χ1v) is 31.0. The number of aliphatic imine (C=N–C) groups is 1. The van der Waals surface area contributed by atoms with Gasteiger partial charge in [-0.05, 0) is 158 Å². The molecule has 3 aliphatic rings. The fraction of sp³-hybridized carbons (Fsp3) is 0.392. The fourth-order valence-corrected chi connectivity index (χ4v) is 14.2. The van der Waals surface area contributed by atoms with E-state index in [-0.39, 0.29) is 60.0 Å². The van der Waals surface area contributed by atoms with Crippen molar-refractivity contribution >= 4 is 50.4 Å². The van der Waals surface area contributed by atoms with Crippen LogP contribution in [0.15, 0.2) is 133 Å². The molecule has 9 aromatic rings. The van der Waals surface area contributed by atoms with Crippen molar-refractivity contribution < 1.29 is 21.1 Å². The Bertz CT molecular complexity index is 4200. The summed E-state index contributed by atoms with van der Waals surface area (Å²) in [5, 5.41) is 2.37. The van der Waals surface area contributed by atoms with Crippen LogP contribution in [0.3, 0.4) is 0 Å². The molecule has 0 spiro atoms. The smallest absolute Gasteiger partial charge is 0.353 e. The third-order valence-electron chi connectivity index (χ3n) is 19.6. The summed E-state index contributed by atoms with van der Waals surface area (Å²) >= 11 is 0. The van der Waals surface area contributed by atoms with Crippen LogP contribution in [0, 0.1) is 26.0 Å². The van der Waals surface area contributed by atoms with Gasteiger partial charge in [-0.3, -0.25) is 0 Å². The molecule has 85 heavy (non-hydrogen) atoms. The van der Waals surface area contributed by atoms with Gasteiger partial charge in [0.15, 0.2) is 0 Å². The number of nitrogens with zero attached hydrogens (tertiary/aromatic N) is 5. The quantitative estimate of drug-likeness (QED) is 0.156. The van der Waals surface area contributed by atoms with E-state index in [9.17, 15) is 0 Å². The van der Waals surface area contributed by atoms with E-state index < -0.39 is 11.1 Å². The number of benzene rings is 7. The monoisotopic (exact) mass is 1300 g/mol. The fourth-order valence-electron chi connectivity index (χ4n) is 14.2. The minimum absolute atomic E-state index is 0. The van der Waals surface area contributed by atoms with Crippen molar-refractivity contribution in [2.45, 2.75) is 202 Å². The zero-order chi connectivity index (χ0) is 60.5. The second-order valence-electron chi connectivity index (χ2n) is 30.7. The predicted octanol–water partition coefficient (Wildman–Crippen LogP) is 21.0. The van der Waals surface area contributed by atoms with Crippen molar-refractivity contribution in [3.05, 3.63) is 212 Å². The molecular formula is C79H89N5Pt. The van der Waals surface area contributed by atoms with E-state index in [0.29, 0.717) is 0 Å². The molecule has 5 nitrogen and oxygen atoms in total. The molecule has 2 aliphatic heterocycles. The molecular weight excluding hydrogens is 1210 g/mol. The Hall–Kier alpha value is -6.55. The number of pyridine rings is 1. The van der Waals surface area contributed by atoms with E-state index in [2.05, 4.69) is 300 Å². The summed E-state index contributed by atoms with van der Waals surface area (Å²) in [6.07, 6.45) is 1.97. The number of aryl methyl sites for hydroxylation is 2. The largest absolute Gasteiger partial charge is 2.00 e. The maximum atomic E-state index is 6.40. The molecule has 2 atom stereocenters. The standard InChI is InChI=1S/C79H89N5.Pt/c1-46(2)56-24-23-25-57(47(3)4)71(56)84-72(81-78(21)62-30-28-51(73(7,8)9)41-58(62)59-42-52(74(10,11)12)29-31-63(59)79(78,84)22)50-38-54(76(16,17)18)40-55(39-50)82-67-33-27-49(6)37-64(67)77(19,20)65-44-61-60-36-48(5)26-32-66(60)83(68(61)45-69(65)82)70-43-53(34-35-80-70)75(13,14)15;/h23-38,40-44,46-47H,1-22H3;/q-2;+2/t78-,79+;/m1./s1. The second kappa shape index (κ2) is 20.0. The average Bonchev–Trinajstić information content (AvgIpc) is 1.60. The van der Waals surface area contributed by atoms with Gasteiger partial charge >= 0.3 is 21.1 Å². The molecule has 0 bridgehead atoms. The average molecular weight is 1300 g/mol. The maximum Gasteiger partial charge on any atom is 2.00 e. The Morgan fingerprint density at radius 1 is 0.518 bits per heavy atom. The summed E-state index contributed by atoms with van der Waals surface area (Å²) in [5.74, 6) is 2.29. The van der Waals surface area contributed by atoms with Crippen molar-refractivity contribution in [3.8, 4) is 16.9 Å². The Balaban J connectivity index is 0.00000752. The maximum absolute atomic E-state index is 6.40. The number of anilines is 4. The van der Waals surface area contributed by atoms with E-state index in [0.717, 1.165) is 45.3 Å². The van der Waals surface area contributed by atoms with Gasteiger partial charge in [0.1, 0.15) is 11.4 Å². The normalized spacial score (nSPS) is 18.3. The van der Waals surface area contributed by atoms with Crippen molar-refractivity contribution in [2.75, 3.05) is 9.80 Å². The van der Waals surface area contributed by atoms with Gasteiger partial charge in [-0.25, -0.2) is 4.98 Å². The van der Waals surface area contributed by atoms with Gasteiger partial charge in [0, 0.05) is 23.1 Å². The molecule has 0 unspecified atom stereocenters. The molecule has 1 aliphatic carbocycles. The van der Waals surface area contributed by atoms with E-state index in [1.807, 2.05) is 6.20 Å². The number of hydrogen-bond donors (Lipinski definition) is 0. The molecule has 0 amide bonds. The molecule has 4 heterocycles. The third-order valence-corrected chi connectivity index (χ3v) is 19.6. The summed E-state index contributed by atoms with van der Waals surface area (Å²) in [7, 11) is 0. The van der Waals surface area contributed by atoms with Crippen LogP contribution >= 0.6 is 0 Å². The van der Waals surface area contributed by atoms with Crippen LogP contribution in [0.25, 0.3) is 38.8 Å². The number of para-hydroxylation sites is 1. The van der Waals surface area contributed by atoms with Gasteiger partial charge in [0.25, 0.3) is 0 Å². The van der Waals surface area contributed by atoms with Gasteiger partial charge < -0.3 is 19.4 Å². The predicted molar refractivity (Wildman–Crippen MR) is 358 cm³/mol. The van der Waals surface area contributed by atoms with Crippen LogP contribution in [-0.4, -0.2) is 15.4 Å². The number of hydrogen-bond acceptors (Lipinski definition) is 4. The summed E-state index contributed by atoms with van der Waals surface area (Å²) < 4.78 is 2.35. The zero-order valence-electron chi connectivity index (χ0n) is 54.8. The molecule has 0 saturated heterocycles. The van der Waals surface area contributed by atoms with Gasteiger partial charge in [-0.15, -0.1) is 46.3 Å². The van der Waals surface area contributed by atoms with E-state index in [4.69, 9.17) is 9.98 Å². The van der Waals surface area contributed by atoms with E-state index in [1.54, 1.807) is 0 Å². The topological polar surface area (TPSA) is 36.7 Å². The number of amidine groups is 1. The molecule has 440 valence electrons. The van der Waals surface area contributed by atoms with Gasteiger partial charge in [0.05, 0.1) is 11.4 Å². The summed E-state index contributed by atoms with van der Waals surface area (Å²) in [6.45, 7) is 51.5. The number of fused-ring (bicyclic) bond motifs is 11.